The number of nitrogens with zero attached hydrogens (tertiary/aromatic N) is 1. The molecule has 4 rings (SSSR count). The molecule has 13 heteroatoms. The van der Waals surface area contributed by atoms with E-state index in [4.69, 9.17) is 18.9 Å². The van der Waals surface area contributed by atoms with Gasteiger partial charge < -0.3 is 29.6 Å². The summed E-state index contributed by atoms with van der Waals surface area (Å²) in [6.07, 6.45) is 9.40. The highest BCUT2D eigenvalue weighted by Crippen LogP contribution is 2.39. The highest BCUT2D eigenvalue weighted by molar-refractivity contribution is 7.89. The minimum Gasteiger partial charge on any atom is -0.484 e. The van der Waals surface area contributed by atoms with Crippen molar-refractivity contribution in [3.8, 4) is 5.75 Å². The molecule has 1 heterocycles. The average Bonchev–Trinajstić information content (AvgIpc) is 3.50. The normalized spacial score (nSPS) is 17.6. The number of ether oxygens (including phenoxy) is 4. The largest absolute Gasteiger partial charge is 0.484 e. The van der Waals surface area contributed by atoms with Crippen LogP contribution in [0, 0.1) is 0 Å². The van der Waals surface area contributed by atoms with Crippen LogP contribution in [0.1, 0.15) is 81.9 Å². The fraction of sp³-hybridized carbons (Fsp3) is 0.632. The van der Waals surface area contributed by atoms with Crippen LogP contribution in [0.5, 0.6) is 5.75 Å². The summed E-state index contributed by atoms with van der Waals surface area (Å²) in [6.45, 7) is 7.33. The lowest BCUT2D eigenvalue weighted by molar-refractivity contribution is -0.119. The molecule has 2 aromatic carbocycles. The SMILES string of the molecule is CCCC(=O)CCCCCNC(=O)NCCOCCOCCOCCNS(=O)(=O)c1ccc(O[C@H]2c3ccccc3C[C@@H]2N2CCCCC2)cc1. The summed E-state index contributed by atoms with van der Waals surface area (Å²) in [5, 5.41) is 5.55. The van der Waals surface area contributed by atoms with Gasteiger partial charge in [-0.1, -0.05) is 44.0 Å². The number of ketones is 1. The van der Waals surface area contributed by atoms with Crippen LogP contribution < -0.4 is 20.1 Å². The van der Waals surface area contributed by atoms with Gasteiger partial charge in [0, 0.05) is 32.5 Å². The summed E-state index contributed by atoms with van der Waals surface area (Å²) >= 11 is 0. The minimum atomic E-state index is -3.69. The first-order valence-electron chi connectivity index (χ1n) is 18.7. The lowest BCUT2D eigenvalue weighted by Crippen LogP contribution is -2.43. The molecule has 1 aliphatic heterocycles. The molecule has 2 atom stereocenters. The molecule has 0 bridgehead atoms. The van der Waals surface area contributed by atoms with Gasteiger partial charge in [0.05, 0.1) is 50.6 Å². The molecule has 0 spiro atoms. The van der Waals surface area contributed by atoms with Gasteiger partial charge in [-0.25, -0.2) is 17.9 Å². The summed E-state index contributed by atoms with van der Waals surface area (Å²) in [6, 6.07) is 15.1. The maximum Gasteiger partial charge on any atom is 0.314 e. The van der Waals surface area contributed by atoms with Crippen LogP contribution in [0.15, 0.2) is 53.4 Å². The second-order valence-electron chi connectivity index (χ2n) is 13.1. The maximum atomic E-state index is 12.9. The Morgan fingerprint density at radius 2 is 1.43 bits per heavy atom. The number of nitrogens with one attached hydrogen (secondary N) is 3. The fourth-order valence-corrected chi connectivity index (χ4v) is 7.51. The Kier molecular flexibility index (Phi) is 18.2. The number of benzene rings is 2. The number of piperidine rings is 1. The van der Waals surface area contributed by atoms with Crippen LogP contribution in [0.3, 0.4) is 0 Å². The summed E-state index contributed by atoms with van der Waals surface area (Å²) in [7, 11) is -3.69. The summed E-state index contributed by atoms with van der Waals surface area (Å²) < 4.78 is 51.3. The topological polar surface area (TPSA) is 145 Å². The Balaban J connectivity index is 1.00. The number of sulfonamides is 1. The standard InChI is InChI=1S/C38H58N4O8S/c1-2-11-32(43)13-5-3-8-19-39-38(44)40-20-24-47-26-28-49-29-27-48-25-21-41-51(45,46)34-17-15-33(16-18-34)50-37-35-14-7-6-12-31(35)30-36(37)42-22-9-4-10-23-42/h6-7,12,14-18,36-37,41H,2-5,8-11,13,19-30H2,1H3,(H2,39,40,44)/t36-,37-/m0/s1. The minimum absolute atomic E-state index is 0.0860. The van der Waals surface area contributed by atoms with E-state index in [1.807, 2.05) is 6.92 Å². The van der Waals surface area contributed by atoms with Crippen LogP contribution in [0.2, 0.25) is 0 Å². The van der Waals surface area contributed by atoms with Crippen molar-refractivity contribution in [3.63, 3.8) is 0 Å². The first-order valence-corrected chi connectivity index (χ1v) is 20.2. The van der Waals surface area contributed by atoms with Gasteiger partial charge in [0.1, 0.15) is 17.6 Å². The number of urea groups is 1. The van der Waals surface area contributed by atoms with Crippen molar-refractivity contribution in [1.29, 1.82) is 0 Å². The molecule has 1 fully saturated rings. The number of likely N-dealkylation sites (tertiary alicyclic amines) is 1. The zero-order chi connectivity index (χ0) is 36.2. The second kappa shape index (κ2) is 22.8. The lowest BCUT2D eigenvalue weighted by atomic mass is 10.0. The van der Waals surface area contributed by atoms with Crippen molar-refractivity contribution in [2.45, 2.75) is 88.2 Å². The van der Waals surface area contributed by atoms with Gasteiger partial charge in [-0.05, 0) is 87.0 Å². The quantitative estimate of drug-likeness (QED) is 0.123. The molecular weight excluding hydrogens is 673 g/mol. The Bertz CT molecular complexity index is 1420. The molecule has 1 aliphatic carbocycles. The monoisotopic (exact) mass is 730 g/mol. The molecule has 0 saturated carbocycles. The van der Waals surface area contributed by atoms with Crippen molar-refractivity contribution in [3.05, 3.63) is 59.7 Å². The van der Waals surface area contributed by atoms with E-state index in [-0.39, 0.29) is 36.2 Å². The number of Topliss-reactive ketones (excluding diaryl/α,β-unsaturated/α-hetero) is 1. The van der Waals surface area contributed by atoms with Crippen molar-refractivity contribution in [2.75, 3.05) is 72.4 Å². The predicted molar refractivity (Wildman–Crippen MR) is 197 cm³/mol. The number of hydrogen-bond donors (Lipinski definition) is 3. The summed E-state index contributed by atoms with van der Waals surface area (Å²) in [5.74, 6) is 0.971. The fourth-order valence-electron chi connectivity index (χ4n) is 6.50. The molecule has 0 unspecified atom stereocenters. The van der Waals surface area contributed by atoms with Gasteiger partial charge in [-0.15, -0.1) is 0 Å². The van der Waals surface area contributed by atoms with Gasteiger partial charge in [0.2, 0.25) is 10.0 Å². The molecule has 284 valence electrons. The molecule has 12 nitrogen and oxygen atoms in total. The maximum absolute atomic E-state index is 12.9. The molecule has 2 amide bonds. The number of rotatable bonds is 25. The van der Waals surface area contributed by atoms with Gasteiger partial charge in [0.25, 0.3) is 0 Å². The van der Waals surface area contributed by atoms with Crippen molar-refractivity contribution >= 4 is 21.8 Å². The number of unbranched alkanes of at least 4 members (excludes halogenated alkanes) is 2. The summed E-state index contributed by atoms with van der Waals surface area (Å²) in [5.41, 5.74) is 2.54. The van der Waals surface area contributed by atoms with E-state index in [2.05, 4.69) is 44.5 Å². The molecule has 0 aromatic heterocycles. The molecule has 0 radical (unpaired) electrons. The second-order valence-corrected chi connectivity index (χ2v) is 14.9. The highest BCUT2D eigenvalue weighted by atomic mass is 32.2. The number of fused-ring (bicyclic) bond motifs is 1. The van der Waals surface area contributed by atoms with Crippen LogP contribution in [-0.4, -0.2) is 104 Å². The van der Waals surface area contributed by atoms with Crippen LogP contribution in [-0.2, 0) is 35.4 Å². The zero-order valence-corrected chi connectivity index (χ0v) is 31.1. The third kappa shape index (κ3) is 14.5. The number of carbonyl (C=O) groups excluding carboxylic acids is 2. The first-order chi connectivity index (χ1) is 24.9. The molecule has 3 N–H and O–H groups in total. The van der Waals surface area contributed by atoms with Gasteiger partial charge in [-0.3, -0.25) is 9.69 Å². The smallest absolute Gasteiger partial charge is 0.314 e. The van der Waals surface area contributed by atoms with Gasteiger partial charge in [-0.2, -0.15) is 0 Å². The van der Waals surface area contributed by atoms with E-state index >= 15 is 0 Å². The lowest BCUT2D eigenvalue weighted by Gasteiger charge is -2.35. The first kappa shape index (κ1) is 40.7. The Morgan fingerprint density at radius 1 is 0.765 bits per heavy atom. The van der Waals surface area contributed by atoms with E-state index in [0.29, 0.717) is 70.5 Å². The summed E-state index contributed by atoms with van der Waals surface area (Å²) in [4.78, 5) is 26.0. The van der Waals surface area contributed by atoms with Crippen molar-refractivity contribution < 1.29 is 37.0 Å². The number of amides is 2. The molecule has 2 aliphatic rings. The van der Waals surface area contributed by atoms with Gasteiger partial charge in [0.15, 0.2) is 0 Å². The average molecular weight is 731 g/mol. The Labute approximate surface area is 304 Å². The molecule has 1 saturated heterocycles. The number of carbonyl (C=O) groups is 2. The highest BCUT2D eigenvalue weighted by Gasteiger charge is 2.38. The Hall–Kier alpha value is -3.07. The van der Waals surface area contributed by atoms with Crippen LogP contribution in [0.4, 0.5) is 4.79 Å². The number of hydrogen-bond acceptors (Lipinski definition) is 9. The van der Waals surface area contributed by atoms with E-state index in [1.165, 1.54) is 30.4 Å². The zero-order valence-electron chi connectivity index (χ0n) is 30.2. The molecule has 51 heavy (non-hydrogen) atoms. The molecular formula is C38H58N4O8S. The van der Waals surface area contributed by atoms with Crippen molar-refractivity contribution in [1.82, 2.24) is 20.3 Å². The molecule has 2 aromatic rings. The van der Waals surface area contributed by atoms with E-state index in [0.717, 1.165) is 45.2 Å². The predicted octanol–water partition coefficient (Wildman–Crippen LogP) is 4.77. The third-order valence-electron chi connectivity index (χ3n) is 9.16. The van der Waals surface area contributed by atoms with E-state index in [1.54, 1.807) is 24.3 Å². The van der Waals surface area contributed by atoms with E-state index < -0.39 is 10.0 Å². The van der Waals surface area contributed by atoms with E-state index in [9.17, 15) is 18.0 Å². The van der Waals surface area contributed by atoms with Gasteiger partial charge >= 0.3 is 6.03 Å². The van der Waals surface area contributed by atoms with Crippen molar-refractivity contribution in [2.24, 2.45) is 0 Å². The Morgan fingerprint density at radius 3 is 2.16 bits per heavy atom. The van der Waals surface area contributed by atoms with Crippen LogP contribution >= 0.6 is 0 Å². The van der Waals surface area contributed by atoms with Crippen LogP contribution in [0.25, 0.3) is 0 Å². The third-order valence-corrected chi connectivity index (χ3v) is 10.6.